The third-order valence-corrected chi connectivity index (χ3v) is 6.85. The van der Waals surface area contributed by atoms with E-state index in [0.717, 1.165) is 24.9 Å². The third kappa shape index (κ3) is 4.62. The molecule has 0 saturated carbocycles. The number of hydrogen-bond donors (Lipinski definition) is 1. The lowest BCUT2D eigenvalue weighted by Gasteiger charge is -2.34. The van der Waals surface area contributed by atoms with Crippen LogP contribution in [0.1, 0.15) is 18.4 Å². The van der Waals surface area contributed by atoms with Crippen LogP contribution in [0.5, 0.6) is 0 Å². The number of aryl methyl sites for hydroxylation is 1. The normalized spacial score (nSPS) is 22.4. The van der Waals surface area contributed by atoms with Gasteiger partial charge in [-0.15, -0.1) is 0 Å². The molecule has 26 heavy (non-hydrogen) atoms. The lowest BCUT2D eigenvalue weighted by atomic mass is 10.2. The lowest BCUT2D eigenvalue weighted by Crippen LogP contribution is -2.50. The van der Waals surface area contributed by atoms with Gasteiger partial charge in [0.05, 0.1) is 4.90 Å². The summed E-state index contributed by atoms with van der Waals surface area (Å²) >= 11 is 0. The van der Waals surface area contributed by atoms with Gasteiger partial charge < -0.3 is 10.1 Å². The second-order valence-electron chi connectivity index (χ2n) is 6.85. The van der Waals surface area contributed by atoms with Crippen molar-refractivity contribution in [2.45, 2.75) is 30.8 Å². The topological polar surface area (TPSA) is 79.0 Å². The Bertz CT molecular complexity index is 706. The van der Waals surface area contributed by atoms with Crippen LogP contribution >= 0.6 is 0 Å². The average Bonchev–Trinajstić information content (AvgIpc) is 3.17. The lowest BCUT2D eigenvalue weighted by molar-refractivity contribution is -0.130. The molecule has 1 N–H and O–H groups in total. The van der Waals surface area contributed by atoms with Gasteiger partial charge in [0.25, 0.3) is 0 Å². The average molecular weight is 381 g/mol. The van der Waals surface area contributed by atoms with Gasteiger partial charge in [0.15, 0.2) is 0 Å². The molecule has 0 radical (unpaired) electrons. The summed E-state index contributed by atoms with van der Waals surface area (Å²) in [5.74, 6) is -0.0388. The molecule has 1 aromatic rings. The number of rotatable bonds is 6. The highest BCUT2D eigenvalue weighted by molar-refractivity contribution is 7.89. The van der Waals surface area contributed by atoms with E-state index in [-0.39, 0.29) is 12.0 Å². The number of piperazine rings is 1. The Kier molecular flexibility index (Phi) is 6.29. The van der Waals surface area contributed by atoms with Crippen LogP contribution in [0.25, 0.3) is 0 Å². The van der Waals surface area contributed by atoms with Crippen molar-refractivity contribution in [3.63, 3.8) is 0 Å². The van der Waals surface area contributed by atoms with Crippen LogP contribution in [0.15, 0.2) is 29.2 Å². The maximum Gasteiger partial charge on any atom is 0.249 e. The maximum atomic E-state index is 12.7. The van der Waals surface area contributed by atoms with Crippen molar-refractivity contribution in [3.8, 4) is 0 Å². The van der Waals surface area contributed by atoms with Crippen molar-refractivity contribution in [1.29, 1.82) is 0 Å². The highest BCUT2D eigenvalue weighted by Crippen LogP contribution is 2.18. The van der Waals surface area contributed by atoms with Crippen LogP contribution in [-0.2, 0) is 19.6 Å². The van der Waals surface area contributed by atoms with E-state index < -0.39 is 10.0 Å². The van der Waals surface area contributed by atoms with Gasteiger partial charge in [0, 0.05) is 45.9 Å². The number of carbonyl (C=O) groups excluding carboxylic acids is 1. The Labute approximate surface area is 155 Å². The van der Waals surface area contributed by atoms with E-state index in [9.17, 15) is 13.2 Å². The Balaban J connectivity index is 1.43. The molecule has 144 valence electrons. The largest absolute Gasteiger partial charge is 0.368 e. The zero-order valence-electron chi connectivity index (χ0n) is 15.2. The smallest absolute Gasteiger partial charge is 0.249 e. The fourth-order valence-corrected chi connectivity index (χ4v) is 4.71. The second kappa shape index (κ2) is 8.47. The minimum Gasteiger partial charge on any atom is -0.368 e. The number of hydrogen-bond acceptors (Lipinski definition) is 5. The molecule has 2 heterocycles. The summed E-state index contributed by atoms with van der Waals surface area (Å²) in [5, 5.41) is 2.91. The van der Waals surface area contributed by atoms with E-state index in [1.807, 2.05) is 19.1 Å². The van der Waals surface area contributed by atoms with Crippen LogP contribution in [0, 0.1) is 6.92 Å². The van der Waals surface area contributed by atoms with E-state index in [2.05, 4.69) is 10.2 Å². The summed E-state index contributed by atoms with van der Waals surface area (Å²) in [7, 11) is -3.43. The number of ether oxygens (including phenoxy) is 1. The Morgan fingerprint density at radius 3 is 2.50 bits per heavy atom. The molecule has 0 spiro atoms. The van der Waals surface area contributed by atoms with Gasteiger partial charge >= 0.3 is 0 Å². The zero-order valence-corrected chi connectivity index (χ0v) is 16.0. The fraction of sp³-hybridized carbons (Fsp3) is 0.611. The molecule has 1 atom stereocenters. The van der Waals surface area contributed by atoms with Crippen LogP contribution < -0.4 is 5.32 Å². The van der Waals surface area contributed by atoms with Gasteiger partial charge in [0.2, 0.25) is 15.9 Å². The molecule has 1 unspecified atom stereocenters. The first-order valence-corrected chi connectivity index (χ1v) is 10.6. The Morgan fingerprint density at radius 1 is 1.19 bits per heavy atom. The Morgan fingerprint density at radius 2 is 1.88 bits per heavy atom. The summed E-state index contributed by atoms with van der Waals surface area (Å²) in [4.78, 5) is 14.4. The summed E-state index contributed by atoms with van der Waals surface area (Å²) in [5.41, 5.74) is 1.04. The monoisotopic (exact) mass is 381 g/mol. The quantitative estimate of drug-likeness (QED) is 0.781. The van der Waals surface area contributed by atoms with Crippen LogP contribution in [0.4, 0.5) is 0 Å². The molecule has 2 aliphatic rings. The minimum absolute atomic E-state index is 0.0388. The van der Waals surface area contributed by atoms with Gasteiger partial charge in [0.1, 0.15) is 6.10 Å². The van der Waals surface area contributed by atoms with Crippen LogP contribution in [0.3, 0.4) is 0 Å². The van der Waals surface area contributed by atoms with Crippen molar-refractivity contribution < 1.29 is 17.9 Å². The first kappa shape index (κ1) is 19.3. The summed E-state index contributed by atoms with van der Waals surface area (Å²) in [6, 6.07) is 6.97. The Hall–Kier alpha value is -1.48. The molecule has 0 bridgehead atoms. The standard InChI is InChI=1S/C18H27N3O4S/c1-15-4-6-16(7-5-15)26(23,24)21-12-10-20(11-13-21)9-8-19-18(22)17-3-2-14-25-17/h4-7,17H,2-3,8-14H2,1H3,(H,19,22). The molecule has 0 aromatic heterocycles. The third-order valence-electron chi connectivity index (χ3n) is 4.94. The molecular formula is C18H27N3O4S. The van der Waals surface area contributed by atoms with E-state index in [4.69, 9.17) is 4.74 Å². The van der Waals surface area contributed by atoms with Gasteiger partial charge in [-0.2, -0.15) is 4.31 Å². The number of benzene rings is 1. The molecule has 3 rings (SSSR count). The van der Waals surface area contributed by atoms with Gasteiger partial charge in [-0.25, -0.2) is 8.42 Å². The molecule has 7 nitrogen and oxygen atoms in total. The SMILES string of the molecule is Cc1ccc(S(=O)(=O)N2CCN(CCNC(=O)C3CCCO3)CC2)cc1. The highest BCUT2D eigenvalue weighted by atomic mass is 32.2. The van der Waals surface area contributed by atoms with Crippen molar-refractivity contribution in [3.05, 3.63) is 29.8 Å². The summed E-state index contributed by atoms with van der Waals surface area (Å²) in [6.45, 7) is 6.15. The number of nitrogens with one attached hydrogen (secondary N) is 1. The van der Waals surface area contributed by atoms with E-state index >= 15 is 0 Å². The predicted molar refractivity (Wildman–Crippen MR) is 98.4 cm³/mol. The molecule has 2 aliphatic heterocycles. The number of carbonyl (C=O) groups is 1. The van der Waals surface area contributed by atoms with Crippen molar-refractivity contribution >= 4 is 15.9 Å². The van der Waals surface area contributed by atoms with E-state index in [0.29, 0.717) is 44.2 Å². The maximum absolute atomic E-state index is 12.7. The van der Waals surface area contributed by atoms with Crippen LogP contribution in [-0.4, -0.2) is 75.5 Å². The van der Waals surface area contributed by atoms with Crippen molar-refractivity contribution in [2.75, 3.05) is 45.9 Å². The first-order valence-electron chi connectivity index (χ1n) is 9.15. The molecule has 2 saturated heterocycles. The number of sulfonamides is 1. The van der Waals surface area contributed by atoms with E-state index in [1.54, 1.807) is 16.4 Å². The molecule has 1 aromatic carbocycles. The predicted octanol–water partition coefficient (Wildman–Crippen LogP) is 0.597. The molecule has 0 aliphatic carbocycles. The molecule has 1 amide bonds. The highest BCUT2D eigenvalue weighted by Gasteiger charge is 2.28. The molecule has 2 fully saturated rings. The van der Waals surface area contributed by atoms with Gasteiger partial charge in [-0.05, 0) is 31.9 Å². The van der Waals surface area contributed by atoms with Gasteiger partial charge in [-0.1, -0.05) is 17.7 Å². The molecule has 8 heteroatoms. The van der Waals surface area contributed by atoms with Crippen LogP contribution in [0.2, 0.25) is 0 Å². The summed E-state index contributed by atoms with van der Waals surface area (Å²) < 4.78 is 32.3. The number of amides is 1. The number of nitrogens with zero attached hydrogens (tertiary/aromatic N) is 2. The minimum atomic E-state index is -3.43. The van der Waals surface area contributed by atoms with Gasteiger partial charge in [-0.3, -0.25) is 9.69 Å². The van der Waals surface area contributed by atoms with Crippen molar-refractivity contribution in [2.24, 2.45) is 0 Å². The summed E-state index contributed by atoms with van der Waals surface area (Å²) in [6.07, 6.45) is 1.43. The zero-order chi connectivity index (χ0) is 18.6. The fourth-order valence-electron chi connectivity index (χ4n) is 3.29. The first-order chi connectivity index (χ1) is 12.5. The van der Waals surface area contributed by atoms with E-state index in [1.165, 1.54) is 0 Å². The second-order valence-corrected chi connectivity index (χ2v) is 8.79. The molecular weight excluding hydrogens is 354 g/mol. The van der Waals surface area contributed by atoms with Crippen molar-refractivity contribution in [1.82, 2.24) is 14.5 Å².